The topological polar surface area (TPSA) is 37.4 Å². The van der Waals surface area contributed by atoms with Crippen LogP contribution >= 0.6 is 27.3 Å². The average Bonchev–Trinajstić information content (AvgIpc) is 2.52. The Balaban J connectivity index is 2.28. The van der Waals surface area contributed by atoms with Gasteiger partial charge in [-0.05, 0) is 53.6 Å². The molecular weight excluding hydrogens is 346 g/mol. The second-order valence-electron chi connectivity index (χ2n) is 5.89. The van der Waals surface area contributed by atoms with Crippen molar-refractivity contribution in [3.05, 3.63) is 14.7 Å². The first kappa shape index (κ1) is 15.5. The summed E-state index contributed by atoms with van der Waals surface area (Å²) < 4.78 is 27.9. The molecule has 0 atom stereocenters. The van der Waals surface area contributed by atoms with Gasteiger partial charge >= 0.3 is 0 Å². The monoisotopic (exact) mass is 365 g/mol. The first-order chi connectivity index (χ1) is 8.72. The molecule has 1 aromatic rings. The molecule has 2 heterocycles. The molecule has 0 unspecified atom stereocenters. The van der Waals surface area contributed by atoms with E-state index >= 15 is 0 Å². The lowest BCUT2D eigenvalue weighted by Crippen LogP contribution is -2.32. The van der Waals surface area contributed by atoms with Gasteiger partial charge in [-0.2, -0.15) is 4.31 Å². The molecule has 0 N–H and O–H groups in total. The minimum atomic E-state index is -3.33. The fourth-order valence-electron chi connectivity index (χ4n) is 2.46. The molecule has 2 rings (SSSR count). The van der Waals surface area contributed by atoms with Crippen LogP contribution in [0.15, 0.2) is 14.7 Å². The standard InChI is InChI=1S/C13H20BrNO2S2/c1-10-11(9-12(14)18-10)19(16,17)15-7-4-5-13(2,3)6-8-15/h9H,4-8H2,1-3H3. The third-order valence-corrected chi connectivity index (χ3v) is 7.47. The van der Waals surface area contributed by atoms with Crippen molar-refractivity contribution in [1.82, 2.24) is 4.31 Å². The number of thiophene rings is 1. The van der Waals surface area contributed by atoms with E-state index in [1.807, 2.05) is 6.92 Å². The normalized spacial score (nSPS) is 21.3. The second-order valence-corrected chi connectivity index (χ2v) is 10.4. The minimum Gasteiger partial charge on any atom is -0.207 e. The summed E-state index contributed by atoms with van der Waals surface area (Å²) in [4.78, 5) is 1.32. The fraction of sp³-hybridized carbons (Fsp3) is 0.692. The Morgan fingerprint density at radius 2 is 2.00 bits per heavy atom. The highest BCUT2D eigenvalue weighted by Crippen LogP contribution is 2.35. The zero-order chi connectivity index (χ0) is 14.3. The van der Waals surface area contributed by atoms with Gasteiger partial charge in [-0.3, -0.25) is 0 Å². The van der Waals surface area contributed by atoms with Crippen LogP contribution in [0, 0.1) is 12.3 Å². The predicted octanol–water partition coefficient (Wildman–Crippen LogP) is 4.02. The zero-order valence-corrected chi connectivity index (χ0v) is 14.8. The largest absolute Gasteiger partial charge is 0.244 e. The predicted molar refractivity (Wildman–Crippen MR) is 83.1 cm³/mol. The number of rotatable bonds is 2. The lowest BCUT2D eigenvalue weighted by atomic mass is 9.85. The van der Waals surface area contributed by atoms with Gasteiger partial charge in [-0.25, -0.2) is 8.42 Å². The van der Waals surface area contributed by atoms with E-state index in [-0.39, 0.29) is 5.41 Å². The first-order valence-electron chi connectivity index (χ1n) is 6.48. The van der Waals surface area contributed by atoms with Crippen LogP contribution in [-0.4, -0.2) is 25.8 Å². The van der Waals surface area contributed by atoms with Crippen molar-refractivity contribution < 1.29 is 8.42 Å². The fourth-order valence-corrected chi connectivity index (χ4v) is 6.33. The van der Waals surface area contributed by atoms with E-state index in [0.29, 0.717) is 18.0 Å². The molecule has 108 valence electrons. The molecule has 0 aromatic carbocycles. The molecule has 1 aromatic heterocycles. The second kappa shape index (κ2) is 5.47. The summed E-state index contributed by atoms with van der Waals surface area (Å²) in [5.41, 5.74) is 0.245. The molecule has 0 spiro atoms. The Hall–Kier alpha value is 0.0900. The van der Waals surface area contributed by atoms with E-state index in [1.165, 1.54) is 11.3 Å². The molecule has 3 nitrogen and oxygen atoms in total. The number of aryl methyl sites for hydroxylation is 1. The maximum Gasteiger partial charge on any atom is 0.244 e. The van der Waals surface area contributed by atoms with Crippen LogP contribution in [0.2, 0.25) is 0 Å². The molecule has 1 aliphatic heterocycles. The quantitative estimate of drug-likeness (QED) is 0.793. The summed E-state index contributed by atoms with van der Waals surface area (Å²) in [6, 6.07) is 1.73. The molecule has 0 saturated carbocycles. The van der Waals surface area contributed by atoms with E-state index < -0.39 is 10.0 Å². The van der Waals surface area contributed by atoms with E-state index in [9.17, 15) is 8.42 Å². The highest BCUT2D eigenvalue weighted by molar-refractivity contribution is 9.11. The van der Waals surface area contributed by atoms with Crippen LogP contribution in [0.3, 0.4) is 0 Å². The van der Waals surface area contributed by atoms with Crippen molar-refractivity contribution in [3.63, 3.8) is 0 Å². The van der Waals surface area contributed by atoms with Gasteiger partial charge in [0.05, 0.1) is 8.68 Å². The molecule has 19 heavy (non-hydrogen) atoms. The van der Waals surface area contributed by atoms with Crippen LogP contribution in [-0.2, 0) is 10.0 Å². The molecule has 1 aliphatic rings. The van der Waals surface area contributed by atoms with Crippen molar-refractivity contribution in [2.24, 2.45) is 5.41 Å². The van der Waals surface area contributed by atoms with Crippen LogP contribution < -0.4 is 0 Å². The van der Waals surface area contributed by atoms with E-state index in [4.69, 9.17) is 0 Å². The number of sulfonamides is 1. The van der Waals surface area contributed by atoms with Gasteiger partial charge in [0, 0.05) is 18.0 Å². The Labute approximate surface area is 128 Å². The van der Waals surface area contributed by atoms with Crippen LogP contribution in [0.5, 0.6) is 0 Å². The van der Waals surface area contributed by atoms with Crippen molar-refractivity contribution >= 4 is 37.3 Å². The van der Waals surface area contributed by atoms with Gasteiger partial charge in [-0.1, -0.05) is 13.8 Å². The highest BCUT2D eigenvalue weighted by atomic mass is 79.9. The molecule has 1 fully saturated rings. The summed E-state index contributed by atoms with van der Waals surface area (Å²) in [7, 11) is -3.33. The Bertz CT molecular complexity index is 563. The summed E-state index contributed by atoms with van der Waals surface area (Å²) in [5, 5.41) is 0. The average molecular weight is 366 g/mol. The molecule has 0 bridgehead atoms. The van der Waals surface area contributed by atoms with E-state index in [0.717, 1.165) is 27.9 Å². The SMILES string of the molecule is Cc1sc(Br)cc1S(=O)(=O)N1CCCC(C)(C)CC1. The highest BCUT2D eigenvalue weighted by Gasteiger charge is 2.31. The van der Waals surface area contributed by atoms with E-state index in [1.54, 1.807) is 10.4 Å². The number of hydrogen-bond donors (Lipinski definition) is 0. The molecule has 0 radical (unpaired) electrons. The number of hydrogen-bond acceptors (Lipinski definition) is 3. The van der Waals surface area contributed by atoms with Crippen LogP contribution in [0.25, 0.3) is 0 Å². The lowest BCUT2D eigenvalue weighted by molar-refractivity contribution is 0.315. The summed E-state index contributed by atoms with van der Waals surface area (Å²) in [6.45, 7) is 7.57. The third-order valence-electron chi connectivity index (χ3n) is 3.76. The molecule has 0 aliphatic carbocycles. The van der Waals surface area contributed by atoms with E-state index in [2.05, 4.69) is 29.8 Å². The molecule has 0 amide bonds. The van der Waals surface area contributed by atoms with Gasteiger partial charge < -0.3 is 0 Å². The van der Waals surface area contributed by atoms with Gasteiger partial charge in [0.15, 0.2) is 0 Å². The van der Waals surface area contributed by atoms with Crippen LogP contribution in [0.4, 0.5) is 0 Å². The molecule has 1 saturated heterocycles. The Kier molecular flexibility index (Phi) is 4.45. The lowest BCUT2D eigenvalue weighted by Gasteiger charge is -2.23. The Morgan fingerprint density at radius 3 is 2.58 bits per heavy atom. The summed E-state index contributed by atoms with van der Waals surface area (Å²) in [5.74, 6) is 0. The minimum absolute atomic E-state index is 0.245. The van der Waals surface area contributed by atoms with Crippen molar-refractivity contribution in [3.8, 4) is 0 Å². The van der Waals surface area contributed by atoms with Gasteiger partial charge in [0.1, 0.15) is 0 Å². The number of nitrogens with zero attached hydrogens (tertiary/aromatic N) is 1. The Morgan fingerprint density at radius 1 is 1.32 bits per heavy atom. The van der Waals surface area contributed by atoms with Crippen molar-refractivity contribution in [1.29, 1.82) is 0 Å². The molecule has 6 heteroatoms. The summed E-state index contributed by atoms with van der Waals surface area (Å²) in [6.07, 6.45) is 2.96. The van der Waals surface area contributed by atoms with Crippen molar-refractivity contribution in [2.45, 2.75) is 44.9 Å². The van der Waals surface area contributed by atoms with Crippen molar-refractivity contribution in [2.75, 3.05) is 13.1 Å². The summed E-state index contributed by atoms with van der Waals surface area (Å²) >= 11 is 4.84. The number of halogens is 1. The maximum absolute atomic E-state index is 12.7. The van der Waals surface area contributed by atoms with Gasteiger partial charge in [-0.15, -0.1) is 11.3 Å². The van der Waals surface area contributed by atoms with Crippen LogP contribution in [0.1, 0.15) is 38.0 Å². The smallest absolute Gasteiger partial charge is 0.207 e. The van der Waals surface area contributed by atoms with Gasteiger partial charge in [0.2, 0.25) is 10.0 Å². The first-order valence-corrected chi connectivity index (χ1v) is 9.53. The zero-order valence-electron chi connectivity index (χ0n) is 11.6. The third kappa shape index (κ3) is 3.40. The maximum atomic E-state index is 12.7. The van der Waals surface area contributed by atoms with Gasteiger partial charge in [0.25, 0.3) is 0 Å². The molecular formula is C13H20BrNO2S2.